The lowest BCUT2D eigenvalue weighted by Crippen LogP contribution is -2.42. The van der Waals surface area contributed by atoms with Gasteiger partial charge in [0.1, 0.15) is 12.4 Å². The second-order valence-electron chi connectivity index (χ2n) is 7.23. The molecule has 5 heteroatoms. The predicted molar refractivity (Wildman–Crippen MR) is 108 cm³/mol. The maximum absolute atomic E-state index is 13.3. The van der Waals surface area contributed by atoms with Crippen molar-refractivity contribution in [1.29, 1.82) is 0 Å². The lowest BCUT2D eigenvalue weighted by molar-refractivity contribution is -0.124. The standard InChI is InChI=1S/C21H21BrClNO2/c1-14-17(23)7-3-9-19(14)26-13-21(10-11-21)20(25)24-12-4-5-15-16(22)6-2-8-18(15)24/h2-3,6-9H,4-5,10-13H2,1H3. The molecule has 1 fully saturated rings. The predicted octanol–water partition coefficient (Wildman–Crippen LogP) is 5.55. The molecule has 1 saturated carbocycles. The summed E-state index contributed by atoms with van der Waals surface area (Å²) in [5.41, 5.74) is 2.80. The minimum absolute atomic E-state index is 0.191. The smallest absolute Gasteiger partial charge is 0.236 e. The van der Waals surface area contributed by atoms with Crippen molar-refractivity contribution in [3.63, 3.8) is 0 Å². The maximum atomic E-state index is 13.3. The number of carbonyl (C=O) groups excluding carboxylic acids is 1. The van der Waals surface area contributed by atoms with Crippen LogP contribution in [0.4, 0.5) is 5.69 Å². The Hall–Kier alpha value is -1.52. The highest BCUT2D eigenvalue weighted by molar-refractivity contribution is 9.10. The zero-order chi connectivity index (χ0) is 18.3. The molecule has 0 radical (unpaired) electrons. The first-order chi connectivity index (χ1) is 12.5. The molecule has 2 aliphatic rings. The van der Waals surface area contributed by atoms with Crippen LogP contribution >= 0.6 is 27.5 Å². The van der Waals surface area contributed by atoms with Crippen LogP contribution in [0.25, 0.3) is 0 Å². The Labute approximate surface area is 167 Å². The van der Waals surface area contributed by atoms with Gasteiger partial charge < -0.3 is 9.64 Å². The molecule has 0 spiro atoms. The fourth-order valence-corrected chi connectivity index (χ4v) is 4.33. The van der Waals surface area contributed by atoms with Crippen LogP contribution in [0.15, 0.2) is 40.9 Å². The lowest BCUT2D eigenvalue weighted by atomic mass is 9.98. The number of amides is 1. The summed E-state index contributed by atoms with van der Waals surface area (Å²) in [6.45, 7) is 3.13. The second kappa shape index (κ2) is 6.90. The van der Waals surface area contributed by atoms with Gasteiger partial charge in [-0.1, -0.05) is 39.7 Å². The lowest BCUT2D eigenvalue weighted by Gasteiger charge is -2.33. The van der Waals surface area contributed by atoms with Crippen molar-refractivity contribution < 1.29 is 9.53 Å². The van der Waals surface area contributed by atoms with E-state index < -0.39 is 5.41 Å². The third-order valence-electron chi connectivity index (χ3n) is 5.47. The zero-order valence-electron chi connectivity index (χ0n) is 14.7. The molecule has 0 saturated heterocycles. The van der Waals surface area contributed by atoms with Crippen LogP contribution < -0.4 is 9.64 Å². The van der Waals surface area contributed by atoms with E-state index in [1.807, 2.05) is 42.2 Å². The first kappa shape index (κ1) is 17.9. The summed E-state index contributed by atoms with van der Waals surface area (Å²) >= 11 is 9.80. The van der Waals surface area contributed by atoms with Crippen molar-refractivity contribution >= 4 is 39.1 Å². The van der Waals surface area contributed by atoms with E-state index in [1.54, 1.807) is 0 Å². The van der Waals surface area contributed by atoms with Gasteiger partial charge in [0.25, 0.3) is 0 Å². The highest BCUT2D eigenvalue weighted by Gasteiger charge is 2.53. The molecule has 1 amide bonds. The third-order valence-corrected chi connectivity index (χ3v) is 6.62. The SMILES string of the molecule is Cc1c(Cl)cccc1OCC1(C(=O)N2CCCc3c(Br)cccc32)CC1. The Morgan fingerprint density at radius 1 is 1.27 bits per heavy atom. The van der Waals surface area contributed by atoms with Gasteiger partial charge in [0.15, 0.2) is 0 Å². The largest absolute Gasteiger partial charge is 0.492 e. The summed E-state index contributed by atoms with van der Waals surface area (Å²) in [5, 5.41) is 0.688. The van der Waals surface area contributed by atoms with E-state index in [0.29, 0.717) is 11.6 Å². The van der Waals surface area contributed by atoms with Gasteiger partial charge >= 0.3 is 0 Å². The summed E-state index contributed by atoms with van der Waals surface area (Å²) in [6.07, 6.45) is 3.76. The molecule has 136 valence electrons. The average molecular weight is 435 g/mol. The Kier molecular flexibility index (Phi) is 4.74. The van der Waals surface area contributed by atoms with Crippen LogP contribution in [-0.2, 0) is 11.2 Å². The highest BCUT2D eigenvalue weighted by Crippen LogP contribution is 2.49. The number of halogens is 2. The second-order valence-corrected chi connectivity index (χ2v) is 8.49. The van der Waals surface area contributed by atoms with Crippen molar-refractivity contribution in [2.24, 2.45) is 5.41 Å². The molecule has 1 aliphatic heterocycles. The zero-order valence-corrected chi connectivity index (χ0v) is 17.1. The van der Waals surface area contributed by atoms with Crippen molar-refractivity contribution in [2.45, 2.75) is 32.6 Å². The van der Waals surface area contributed by atoms with E-state index in [4.69, 9.17) is 16.3 Å². The monoisotopic (exact) mass is 433 g/mol. The average Bonchev–Trinajstić information content (AvgIpc) is 3.43. The number of fused-ring (bicyclic) bond motifs is 1. The van der Waals surface area contributed by atoms with Gasteiger partial charge in [-0.15, -0.1) is 0 Å². The summed E-state index contributed by atoms with van der Waals surface area (Å²) in [5.74, 6) is 0.953. The number of anilines is 1. The molecule has 0 aromatic heterocycles. The minimum atomic E-state index is -0.397. The molecule has 1 aliphatic carbocycles. The van der Waals surface area contributed by atoms with Crippen LogP contribution in [0.5, 0.6) is 5.75 Å². The normalized spacial score (nSPS) is 17.6. The van der Waals surface area contributed by atoms with Gasteiger partial charge in [-0.3, -0.25) is 4.79 Å². The van der Waals surface area contributed by atoms with Gasteiger partial charge in [0.2, 0.25) is 5.91 Å². The number of nitrogens with zero attached hydrogens (tertiary/aromatic N) is 1. The van der Waals surface area contributed by atoms with Crippen LogP contribution in [0, 0.1) is 12.3 Å². The van der Waals surface area contributed by atoms with Crippen molar-refractivity contribution in [1.82, 2.24) is 0 Å². The maximum Gasteiger partial charge on any atom is 0.236 e. The Bertz CT molecular complexity index is 863. The van der Waals surface area contributed by atoms with E-state index in [2.05, 4.69) is 22.0 Å². The fraction of sp³-hybridized carbons (Fsp3) is 0.381. The molecular weight excluding hydrogens is 414 g/mol. The number of rotatable bonds is 4. The number of hydrogen-bond acceptors (Lipinski definition) is 2. The summed E-state index contributed by atoms with van der Waals surface area (Å²) in [7, 11) is 0. The molecule has 0 N–H and O–H groups in total. The van der Waals surface area contributed by atoms with Crippen LogP contribution in [0.3, 0.4) is 0 Å². The first-order valence-corrected chi connectivity index (χ1v) is 10.2. The van der Waals surface area contributed by atoms with Gasteiger partial charge in [0.05, 0.1) is 5.41 Å². The summed E-state index contributed by atoms with van der Waals surface area (Å²) in [4.78, 5) is 15.3. The highest BCUT2D eigenvalue weighted by atomic mass is 79.9. The van der Waals surface area contributed by atoms with E-state index in [9.17, 15) is 4.79 Å². The molecule has 26 heavy (non-hydrogen) atoms. The van der Waals surface area contributed by atoms with Gasteiger partial charge in [-0.05, 0) is 62.4 Å². The first-order valence-electron chi connectivity index (χ1n) is 8.99. The third kappa shape index (κ3) is 3.14. The summed E-state index contributed by atoms with van der Waals surface area (Å²) in [6, 6.07) is 11.7. The summed E-state index contributed by atoms with van der Waals surface area (Å²) < 4.78 is 7.11. The van der Waals surface area contributed by atoms with Crippen LogP contribution in [-0.4, -0.2) is 19.1 Å². The van der Waals surface area contributed by atoms with Crippen molar-refractivity contribution in [3.05, 3.63) is 57.0 Å². The quantitative estimate of drug-likeness (QED) is 0.631. The molecule has 0 atom stereocenters. The minimum Gasteiger partial charge on any atom is -0.492 e. The molecule has 2 aromatic rings. The van der Waals surface area contributed by atoms with Crippen LogP contribution in [0.1, 0.15) is 30.4 Å². The molecule has 0 unspecified atom stereocenters. The van der Waals surface area contributed by atoms with E-state index in [-0.39, 0.29) is 5.91 Å². The van der Waals surface area contributed by atoms with E-state index >= 15 is 0 Å². The topological polar surface area (TPSA) is 29.5 Å². The van der Waals surface area contributed by atoms with E-state index in [1.165, 1.54) is 5.56 Å². The molecule has 1 heterocycles. The fourth-order valence-electron chi connectivity index (χ4n) is 3.61. The molecule has 3 nitrogen and oxygen atoms in total. The number of benzene rings is 2. The number of carbonyl (C=O) groups is 1. The van der Waals surface area contributed by atoms with E-state index in [0.717, 1.165) is 53.7 Å². The molecule has 2 aromatic carbocycles. The van der Waals surface area contributed by atoms with Gasteiger partial charge in [0, 0.05) is 27.3 Å². The number of hydrogen-bond donors (Lipinski definition) is 0. The Morgan fingerprint density at radius 2 is 2.04 bits per heavy atom. The van der Waals surface area contributed by atoms with Gasteiger partial charge in [-0.2, -0.15) is 0 Å². The molecular formula is C21H21BrClNO2. The van der Waals surface area contributed by atoms with Crippen LogP contribution in [0.2, 0.25) is 5.02 Å². The Balaban J connectivity index is 1.54. The number of ether oxygens (including phenoxy) is 1. The van der Waals surface area contributed by atoms with Crippen molar-refractivity contribution in [3.8, 4) is 5.75 Å². The Morgan fingerprint density at radius 3 is 2.81 bits per heavy atom. The van der Waals surface area contributed by atoms with Gasteiger partial charge in [-0.25, -0.2) is 0 Å². The molecule has 4 rings (SSSR count). The molecule has 0 bridgehead atoms. The van der Waals surface area contributed by atoms with Crippen molar-refractivity contribution in [2.75, 3.05) is 18.1 Å².